The molecule has 1 N–H and O–H groups in total. The molecule has 2 fully saturated rings. The van der Waals surface area contributed by atoms with E-state index >= 15 is 0 Å². The molecule has 1 aliphatic carbocycles. The van der Waals surface area contributed by atoms with Gasteiger partial charge in [0.05, 0.1) is 12.7 Å². The summed E-state index contributed by atoms with van der Waals surface area (Å²) in [7, 11) is 1.53. The van der Waals surface area contributed by atoms with Crippen molar-refractivity contribution in [3.8, 4) is 11.5 Å². The third kappa shape index (κ3) is 3.19. The van der Waals surface area contributed by atoms with Gasteiger partial charge in [-0.15, -0.1) is 0 Å². The normalized spacial score (nSPS) is 25.3. The molecule has 1 heterocycles. The van der Waals surface area contributed by atoms with Crippen molar-refractivity contribution in [2.45, 2.75) is 44.2 Å². The molecule has 0 radical (unpaired) electrons. The molecule has 1 aliphatic heterocycles. The maximum atomic E-state index is 11.0. The number of hydrogen-bond acceptors (Lipinski definition) is 4. The zero-order valence-corrected chi connectivity index (χ0v) is 13.0. The summed E-state index contributed by atoms with van der Waals surface area (Å²) in [6.07, 6.45) is 6.28. The van der Waals surface area contributed by atoms with Crippen molar-refractivity contribution in [1.82, 2.24) is 4.90 Å². The molecule has 1 saturated carbocycles. The van der Waals surface area contributed by atoms with Gasteiger partial charge >= 0.3 is 5.97 Å². The summed E-state index contributed by atoms with van der Waals surface area (Å²) >= 11 is 0. The number of aromatic carboxylic acids is 1. The monoisotopic (exact) mass is 305 g/mol. The van der Waals surface area contributed by atoms with Gasteiger partial charge in [0, 0.05) is 18.9 Å². The molecule has 0 unspecified atom stereocenters. The van der Waals surface area contributed by atoms with E-state index < -0.39 is 5.97 Å². The Hall–Kier alpha value is -1.75. The van der Waals surface area contributed by atoms with Crippen molar-refractivity contribution in [2.24, 2.45) is 0 Å². The number of nitrogens with zero attached hydrogens (tertiary/aromatic N) is 1. The Bertz CT molecular complexity index is 533. The Morgan fingerprint density at radius 3 is 2.55 bits per heavy atom. The highest BCUT2D eigenvalue weighted by atomic mass is 16.5. The van der Waals surface area contributed by atoms with Gasteiger partial charge in [-0.3, -0.25) is 0 Å². The number of benzene rings is 1. The maximum Gasteiger partial charge on any atom is 0.335 e. The van der Waals surface area contributed by atoms with Gasteiger partial charge in [-0.2, -0.15) is 0 Å². The van der Waals surface area contributed by atoms with Crippen LogP contribution in [-0.4, -0.2) is 48.3 Å². The summed E-state index contributed by atoms with van der Waals surface area (Å²) in [5.74, 6) is 0.162. The van der Waals surface area contributed by atoms with Gasteiger partial charge < -0.3 is 19.5 Å². The molecule has 0 spiro atoms. The molecule has 120 valence electrons. The molecule has 0 amide bonds. The molecule has 1 aromatic rings. The number of carboxylic acid groups (broad SMARTS) is 1. The lowest BCUT2D eigenvalue weighted by atomic mass is 9.86. The zero-order valence-electron chi connectivity index (χ0n) is 13.0. The molecule has 3 rings (SSSR count). The molecular formula is C17H23NO4. The van der Waals surface area contributed by atoms with Gasteiger partial charge in [0.15, 0.2) is 11.5 Å². The van der Waals surface area contributed by atoms with E-state index in [1.165, 1.54) is 45.5 Å². The van der Waals surface area contributed by atoms with Crippen molar-refractivity contribution < 1.29 is 19.4 Å². The predicted molar refractivity (Wildman–Crippen MR) is 82.8 cm³/mol. The van der Waals surface area contributed by atoms with Crippen LogP contribution < -0.4 is 9.47 Å². The summed E-state index contributed by atoms with van der Waals surface area (Å²) in [6, 6.07) is 5.41. The highest BCUT2D eigenvalue weighted by molar-refractivity contribution is 5.88. The Balaban J connectivity index is 1.57. The Labute approximate surface area is 130 Å². The first-order chi connectivity index (χ1) is 10.7. The largest absolute Gasteiger partial charge is 0.493 e. The number of piperidine rings is 1. The first kappa shape index (κ1) is 15.2. The Morgan fingerprint density at radius 1 is 1.18 bits per heavy atom. The highest BCUT2D eigenvalue weighted by Gasteiger charge is 2.35. The minimum atomic E-state index is -0.960. The number of rotatable bonds is 5. The fraction of sp³-hybridized carbons (Fsp3) is 0.588. The van der Waals surface area contributed by atoms with Gasteiger partial charge in [-0.05, 0) is 44.1 Å². The van der Waals surface area contributed by atoms with E-state index in [1.54, 1.807) is 12.1 Å². The first-order valence-electron chi connectivity index (χ1n) is 7.99. The van der Waals surface area contributed by atoms with E-state index in [1.807, 2.05) is 0 Å². The molecule has 0 aromatic heterocycles. The lowest BCUT2D eigenvalue weighted by Crippen LogP contribution is -2.50. The first-order valence-corrected chi connectivity index (χ1v) is 7.99. The topological polar surface area (TPSA) is 59.0 Å². The number of ether oxygens (including phenoxy) is 2. The number of carbonyl (C=O) groups is 1. The quantitative estimate of drug-likeness (QED) is 0.906. The molecule has 1 aromatic carbocycles. The van der Waals surface area contributed by atoms with Gasteiger partial charge in [-0.1, -0.05) is 6.42 Å². The minimum Gasteiger partial charge on any atom is -0.493 e. The summed E-state index contributed by atoms with van der Waals surface area (Å²) in [6.45, 7) is 2.43. The van der Waals surface area contributed by atoms with Gasteiger partial charge in [0.2, 0.25) is 0 Å². The SMILES string of the molecule is COc1cc(C(=O)O)ccc1OC1CC(N2CCCCC2)C1. The van der Waals surface area contributed by atoms with E-state index in [9.17, 15) is 4.79 Å². The maximum absolute atomic E-state index is 11.0. The average molecular weight is 305 g/mol. The van der Waals surface area contributed by atoms with Crippen LogP contribution in [0.3, 0.4) is 0 Å². The molecule has 5 heteroatoms. The summed E-state index contributed by atoms with van der Waals surface area (Å²) < 4.78 is 11.2. The van der Waals surface area contributed by atoms with Crippen molar-refractivity contribution >= 4 is 5.97 Å². The van der Waals surface area contributed by atoms with E-state index in [4.69, 9.17) is 14.6 Å². The van der Waals surface area contributed by atoms with Gasteiger partial charge in [0.25, 0.3) is 0 Å². The van der Waals surface area contributed by atoms with E-state index in [-0.39, 0.29) is 11.7 Å². The third-order valence-electron chi connectivity index (χ3n) is 4.68. The fourth-order valence-corrected chi connectivity index (χ4v) is 3.29. The molecule has 5 nitrogen and oxygen atoms in total. The number of methoxy groups -OCH3 is 1. The standard InChI is InChI=1S/C17H23NO4/c1-21-16-9-12(17(19)20)5-6-15(16)22-14-10-13(11-14)18-7-3-2-4-8-18/h5-6,9,13-14H,2-4,7-8,10-11H2,1H3,(H,19,20). The zero-order chi connectivity index (χ0) is 15.5. The third-order valence-corrected chi connectivity index (χ3v) is 4.68. The molecule has 0 bridgehead atoms. The molecule has 2 aliphatic rings. The number of hydrogen-bond donors (Lipinski definition) is 1. The van der Waals surface area contributed by atoms with Crippen LogP contribution in [0.25, 0.3) is 0 Å². The van der Waals surface area contributed by atoms with Crippen LogP contribution in [0.15, 0.2) is 18.2 Å². The molecular weight excluding hydrogens is 282 g/mol. The van der Waals surface area contributed by atoms with Gasteiger partial charge in [0.1, 0.15) is 6.10 Å². The average Bonchev–Trinajstić information content (AvgIpc) is 2.51. The van der Waals surface area contributed by atoms with Crippen LogP contribution in [0.1, 0.15) is 42.5 Å². The van der Waals surface area contributed by atoms with Crippen LogP contribution >= 0.6 is 0 Å². The van der Waals surface area contributed by atoms with E-state index in [0.29, 0.717) is 17.5 Å². The fourth-order valence-electron chi connectivity index (χ4n) is 3.29. The van der Waals surface area contributed by atoms with Crippen molar-refractivity contribution in [3.05, 3.63) is 23.8 Å². The summed E-state index contributed by atoms with van der Waals surface area (Å²) in [5.41, 5.74) is 0.212. The Kier molecular flexibility index (Phi) is 4.52. The van der Waals surface area contributed by atoms with Crippen molar-refractivity contribution in [3.63, 3.8) is 0 Å². The van der Waals surface area contributed by atoms with Crippen LogP contribution in [0, 0.1) is 0 Å². The number of carboxylic acids is 1. The molecule has 0 atom stereocenters. The molecule has 1 saturated heterocycles. The summed E-state index contributed by atoms with van der Waals surface area (Å²) in [4.78, 5) is 13.6. The van der Waals surface area contributed by atoms with E-state index in [0.717, 1.165) is 12.8 Å². The lowest BCUT2D eigenvalue weighted by Gasteiger charge is -2.44. The van der Waals surface area contributed by atoms with Crippen LogP contribution in [0.5, 0.6) is 11.5 Å². The van der Waals surface area contributed by atoms with E-state index in [2.05, 4.69) is 4.90 Å². The second-order valence-electron chi connectivity index (χ2n) is 6.13. The second kappa shape index (κ2) is 6.57. The second-order valence-corrected chi connectivity index (χ2v) is 6.13. The number of likely N-dealkylation sites (tertiary alicyclic amines) is 1. The Morgan fingerprint density at radius 2 is 1.91 bits per heavy atom. The van der Waals surface area contributed by atoms with Crippen LogP contribution in [-0.2, 0) is 0 Å². The van der Waals surface area contributed by atoms with Crippen molar-refractivity contribution in [2.75, 3.05) is 20.2 Å². The van der Waals surface area contributed by atoms with Crippen LogP contribution in [0.4, 0.5) is 0 Å². The van der Waals surface area contributed by atoms with Crippen LogP contribution in [0.2, 0.25) is 0 Å². The smallest absolute Gasteiger partial charge is 0.335 e. The van der Waals surface area contributed by atoms with Gasteiger partial charge in [-0.25, -0.2) is 4.79 Å². The molecule has 22 heavy (non-hydrogen) atoms. The summed E-state index contributed by atoms with van der Waals surface area (Å²) in [5, 5.41) is 9.01. The van der Waals surface area contributed by atoms with Crippen molar-refractivity contribution in [1.29, 1.82) is 0 Å². The predicted octanol–water partition coefficient (Wildman–Crippen LogP) is 2.79. The highest BCUT2D eigenvalue weighted by Crippen LogP contribution is 2.35. The lowest BCUT2D eigenvalue weighted by molar-refractivity contribution is 0.00777. The minimum absolute atomic E-state index is 0.205.